The summed E-state index contributed by atoms with van der Waals surface area (Å²) < 4.78 is 13.2. The van der Waals surface area contributed by atoms with Gasteiger partial charge in [0.15, 0.2) is 6.61 Å². The van der Waals surface area contributed by atoms with Crippen molar-refractivity contribution in [2.24, 2.45) is 0 Å². The van der Waals surface area contributed by atoms with Gasteiger partial charge in [0.05, 0.1) is 36.3 Å². The molecule has 1 aromatic heterocycles. The fraction of sp³-hybridized carbons (Fsp3) is 0.412. The Kier molecular flexibility index (Phi) is 3.42. The van der Waals surface area contributed by atoms with E-state index in [0.717, 1.165) is 12.1 Å². The second-order valence-electron chi connectivity index (χ2n) is 6.67. The van der Waals surface area contributed by atoms with Crippen molar-refractivity contribution in [3.8, 4) is 5.75 Å². The highest BCUT2D eigenvalue weighted by Gasteiger charge is 2.38. The van der Waals surface area contributed by atoms with Crippen LogP contribution in [0.5, 0.6) is 5.75 Å². The predicted molar refractivity (Wildman–Crippen MR) is 88.7 cm³/mol. The number of amides is 2. The normalized spacial score (nSPS) is 24.0. The Labute approximate surface area is 148 Å². The first-order chi connectivity index (χ1) is 12.7. The Balaban J connectivity index is 1.38. The highest BCUT2D eigenvalue weighted by atomic mass is 16.5. The van der Waals surface area contributed by atoms with Crippen LogP contribution in [0.1, 0.15) is 28.5 Å². The van der Waals surface area contributed by atoms with Crippen LogP contribution in [0.3, 0.4) is 0 Å². The third-order valence-electron chi connectivity index (χ3n) is 5.08. The molecule has 5 rings (SSSR count). The van der Waals surface area contributed by atoms with Crippen LogP contribution in [0.4, 0.5) is 5.69 Å². The van der Waals surface area contributed by atoms with Gasteiger partial charge in [0.2, 0.25) is 0 Å². The van der Waals surface area contributed by atoms with Crippen molar-refractivity contribution in [1.29, 1.82) is 0 Å². The summed E-state index contributed by atoms with van der Waals surface area (Å²) in [6, 6.07) is 5.07. The number of piperidine rings is 1. The van der Waals surface area contributed by atoms with Crippen molar-refractivity contribution in [3.05, 3.63) is 35.7 Å². The van der Waals surface area contributed by atoms with Crippen LogP contribution in [-0.2, 0) is 16.1 Å². The molecule has 9 heteroatoms. The van der Waals surface area contributed by atoms with Crippen LogP contribution in [0.25, 0.3) is 0 Å². The number of carbonyl (C=O) groups excluding carboxylic acids is 2. The van der Waals surface area contributed by atoms with E-state index in [-0.39, 0.29) is 30.6 Å². The van der Waals surface area contributed by atoms with E-state index in [2.05, 4.69) is 15.6 Å². The topological polar surface area (TPSA) is 98.6 Å². The van der Waals surface area contributed by atoms with Crippen molar-refractivity contribution in [3.63, 3.8) is 0 Å². The number of nitrogens with one attached hydrogen (secondary N) is 1. The highest BCUT2D eigenvalue weighted by molar-refractivity contribution is 5.99. The molecule has 3 aliphatic heterocycles. The van der Waals surface area contributed by atoms with Crippen LogP contribution in [0.2, 0.25) is 0 Å². The summed E-state index contributed by atoms with van der Waals surface area (Å²) in [5.41, 5.74) is 2.05. The van der Waals surface area contributed by atoms with Crippen LogP contribution in [-0.4, -0.2) is 57.5 Å². The van der Waals surface area contributed by atoms with Crippen molar-refractivity contribution in [2.45, 2.75) is 25.2 Å². The number of rotatable bonds is 1. The molecule has 26 heavy (non-hydrogen) atoms. The van der Waals surface area contributed by atoms with Gasteiger partial charge in [0, 0.05) is 18.7 Å². The summed E-state index contributed by atoms with van der Waals surface area (Å²) in [6.45, 7) is 1.62. The second kappa shape index (κ2) is 5.80. The van der Waals surface area contributed by atoms with Gasteiger partial charge in [-0.3, -0.25) is 9.59 Å². The number of aromatic nitrogens is 3. The monoisotopic (exact) mass is 355 g/mol. The smallest absolute Gasteiger partial charge is 0.262 e. The number of hydrogen-bond donors (Lipinski definition) is 1. The standard InChI is InChI=1S/C17H17N5O4/c23-16-9-26-15-5-10(1-2-12(15)19-16)17(24)21-4-3-14-13(7-21)22-11(8-25-14)6-18-20-22/h1-2,5-6,13-14H,3-4,7-9H2,(H,19,23)/t13-,14+/m0/s1. The molecule has 1 N–H and O–H groups in total. The van der Waals surface area contributed by atoms with E-state index >= 15 is 0 Å². The molecule has 0 aliphatic carbocycles. The van der Waals surface area contributed by atoms with Gasteiger partial charge in [-0.05, 0) is 24.6 Å². The molecule has 134 valence electrons. The van der Waals surface area contributed by atoms with Gasteiger partial charge < -0.3 is 19.7 Å². The Morgan fingerprint density at radius 2 is 2.23 bits per heavy atom. The molecular weight excluding hydrogens is 338 g/mol. The summed E-state index contributed by atoms with van der Waals surface area (Å²) in [5, 5.41) is 10.8. The van der Waals surface area contributed by atoms with E-state index in [4.69, 9.17) is 9.47 Å². The average Bonchev–Trinajstić information content (AvgIpc) is 3.16. The molecule has 2 atom stereocenters. The third-order valence-corrected chi connectivity index (χ3v) is 5.08. The zero-order chi connectivity index (χ0) is 17.7. The quantitative estimate of drug-likeness (QED) is 0.804. The second-order valence-corrected chi connectivity index (χ2v) is 6.67. The first kappa shape index (κ1) is 15.3. The maximum absolute atomic E-state index is 13.0. The van der Waals surface area contributed by atoms with Crippen LogP contribution in [0, 0.1) is 0 Å². The van der Waals surface area contributed by atoms with E-state index < -0.39 is 0 Å². The number of ether oxygens (including phenoxy) is 2. The molecule has 2 amide bonds. The minimum atomic E-state index is -0.195. The number of benzene rings is 1. The molecule has 2 aromatic rings. The SMILES string of the molecule is O=C1COc2cc(C(=O)N3CC[C@H]4OCc5cnnn5[C@H]4C3)ccc2N1. The van der Waals surface area contributed by atoms with E-state index in [0.29, 0.717) is 36.7 Å². The molecule has 0 bridgehead atoms. The van der Waals surface area contributed by atoms with Gasteiger partial charge in [0.1, 0.15) is 5.75 Å². The number of nitrogens with zero attached hydrogens (tertiary/aromatic N) is 4. The van der Waals surface area contributed by atoms with Crippen molar-refractivity contribution < 1.29 is 19.1 Å². The maximum atomic E-state index is 13.0. The average molecular weight is 355 g/mol. The fourth-order valence-corrected chi connectivity index (χ4v) is 3.75. The van der Waals surface area contributed by atoms with Gasteiger partial charge in [-0.2, -0.15) is 0 Å². The van der Waals surface area contributed by atoms with Crippen LogP contribution >= 0.6 is 0 Å². The molecule has 1 aromatic carbocycles. The highest BCUT2D eigenvalue weighted by Crippen LogP contribution is 2.32. The fourth-order valence-electron chi connectivity index (χ4n) is 3.75. The molecule has 0 unspecified atom stereocenters. The van der Waals surface area contributed by atoms with E-state index in [1.807, 2.05) is 9.58 Å². The number of carbonyl (C=O) groups is 2. The Morgan fingerprint density at radius 3 is 3.15 bits per heavy atom. The summed E-state index contributed by atoms with van der Waals surface area (Å²) >= 11 is 0. The molecule has 4 heterocycles. The van der Waals surface area contributed by atoms with Gasteiger partial charge >= 0.3 is 0 Å². The van der Waals surface area contributed by atoms with Gasteiger partial charge in [0.25, 0.3) is 11.8 Å². The number of anilines is 1. The zero-order valence-corrected chi connectivity index (χ0v) is 13.9. The lowest BCUT2D eigenvalue weighted by atomic mass is 9.99. The molecule has 0 radical (unpaired) electrons. The lowest BCUT2D eigenvalue weighted by Gasteiger charge is -2.41. The molecule has 0 spiro atoms. The van der Waals surface area contributed by atoms with Crippen LogP contribution < -0.4 is 10.1 Å². The third kappa shape index (κ3) is 2.43. The van der Waals surface area contributed by atoms with Crippen molar-refractivity contribution in [2.75, 3.05) is 25.0 Å². The minimum absolute atomic E-state index is 0.0212. The van der Waals surface area contributed by atoms with Gasteiger partial charge in [-0.15, -0.1) is 5.10 Å². The lowest BCUT2D eigenvalue weighted by Crippen LogP contribution is -2.49. The molecule has 3 aliphatic rings. The maximum Gasteiger partial charge on any atom is 0.262 e. The summed E-state index contributed by atoms with van der Waals surface area (Å²) in [6.07, 6.45) is 2.51. The molecular formula is C17H17N5O4. The van der Waals surface area contributed by atoms with Gasteiger partial charge in [-0.1, -0.05) is 5.21 Å². The van der Waals surface area contributed by atoms with E-state index in [1.165, 1.54) is 0 Å². The summed E-state index contributed by atoms with van der Waals surface area (Å²) in [5.74, 6) is 0.253. The molecule has 0 saturated carbocycles. The number of fused-ring (bicyclic) bond motifs is 4. The largest absolute Gasteiger partial charge is 0.482 e. The molecule has 1 fully saturated rings. The molecule has 9 nitrogen and oxygen atoms in total. The number of hydrogen-bond acceptors (Lipinski definition) is 6. The predicted octanol–water partition coefficient (Wildman–Crippen LogP) is 0.595. The Bertz CT molecular complexity index is 895. The number of likely N-dealkylation sites (tertiary alicyclic amines) is 1. The minimum Gasteiger partial charge on any atom is -0.482 e. The lowest BCUT2D eigenvalue weighted by molar-refractivity contribution is -0.118. The first-order valence-electron chi connectivity index (χ1n) is 8.56. The Hall–Kier alpha value is -2.94. The van der Waals surface area contributed by atoms with Crippen molar-refractivity contribution >= 4 is 17.5 Å². The van der Waals surface area contributed by atoms with Crippen molar-refractivity contribution in [1.82, 2.24) is 19.9 Å². The van der Waals surface area contributed by atoms with Crippen LogP contribution in [0.15, 0.2) is 24.4 Å². The van der Waals surface area contributed by atoms with Gasteiger partial charge in [-0.25, -0.2) is 4.68 Å². The molecule has 1 saturated heterocycles. The van der Waals surface area contributed by atoms with E-state index in [9.17, 15) is 9.59 Å². The Morgan fingerprint density at radius 1 is 1.31 bits per heavy atom. The summed E-state index contributed by atoms with van der Waals surface area (Å²) in [4.78, 5) is 26.1. The first-order valence-corrected chi connectivity index (χ1v) is 8.56. The summed E-state index contributed by atoms with van der Waals surface area (Å²) in [7, 11) is 0. The zero-order valence-electron chi connectivity index (χ0n) is 13.9. The van der Waals surface area contributed by atoms with E-state index in [1.54, 1.807) is 24.4 Å².